The van der Waals surface area contributed by atoms with Crippen molar-refractivity contribution >= 4 is 0 Å². The van der Waals surface area contributed by atoms with Gasteiger partial charge in [0, 0.05) is 13.7 Å². The molecule has 0 unspecified atom stereocenters. The maximum atomic E-state index is 8.34. The summed E-state index contributed by atoms with van der Waals surface area (Å²) < 4.78 is 24.4. The Morgan fingerprint density at radius 2 is 0.846 bits per heavy atom. The van der Waals surface area contributed by atoms with Crippen LogP contribution in [0.4, 0.5) is 0 Å². The average Bonchev–Trinajstić information content (AvgIpc) is 2.66. The van der Waals surface area contributed by atoms with Gasteiger partial charge in [0.2, 0.25) is 0 Å². The molecule has 0 amide bonds. The molecule has 4 N–H and O–H groups in total. The van der Waals surface area contributed by atoms with Crippen molar-refractivity contribution < 1.29 is 44.1 Å². The van der Waals surface area contributed by atoms with Crippen molar-refractivity contribution in [2.24, 2.45) is 0 Å². The first-order valence-corrected chi connectivity index (χ1v) is 8.98. The second-order valence-corrected chi connectivity index (χ2v) is 4.69. The lowest BCUT2D eigenvalue weighted by atomic mass is 10.4. The van der Waals surface area contributed by atoms with Crippen LogP contribution in [0.2, 0.25) is 0 Å². The van der Waals surface area contributed by atoms with Gasteiger partial charge in [0.15, 0.2) is 0 Å². The number of aliphatic hydroxyl groups is 4. The summed E-state index contributed by atoms with van der Waals surface area (Å²) in [5.41, 5.74) is 0. The summed E-state index contributed by atoms with van der Waals surface area (Å²) in [6.07, 6.45) is 2.28. The van der Waals surface area contributed by atoms with E-state index in [4.69, 9.17) is 34.6 Å². The molecular formula is C17H40O9. The topological polar surface area (TPSA) is 127 Å². The van der Waals surface area contributed by atoms with Crippen molar-refractivity contribution in [3.05, 3.63) is 0 Å². The van der Waals surface area contributed by atoms with Crippen molar-refractivity contribution in [1.82, 2.24) is 0 Å². The van der Waals surface area contributed by atoms with Gasteiger partial charge in [0.05, 0.1) is 79.3 Å². The second kappa shape index (κ2) is 35.7. The third-order valence-electron chi connectivity index (χ3n) is 2.39. The predicted molar refractivity (Wildman–Crippen MR) is 98.4 cm³/mol. The first-order valence-electron chi connectivity index (χ1n) is 8.98. The van der Waals surface area contributed by atoms with E-state index in [0.29, 0.717) is 52.9 Å². The molecule has 162 valence electrons. The Kier molecular flexibility index (Phi) is 41.7. The van der Waals surface area contributed by atoms with E-state index < -0.39 is 0 Å². The Morgan fingerprint density at radius 1 is 0.500 bits per heavy atom. The van der Waals surface area contributed by atoms with E-state index in [-0.39, 0.29) is 26.4 Å². The number of ether oxygens (including phenoxy) is 5. The van der Waals surface area contributed by atoms with Gasteiger partial charge in [-0.1, -0.05) is 13.3 Å². The molecule has 9 heteroatoms. The highest BCUT2D eigenvalue weighted by Gasteiger charge is 1.87. The lowest BCUT2D eigenvalue weighted by Gasteiger charge is -2.02. The molecule has 0 aromatic carbocycles. The average molecular weight is 388 g/mol. The van der Waals surface area contributed by atoms with Gasteiger partial charge >= 0.3 is 0 Å². The van der Waals surface area contributed by atoms with E-state index in [9.17, 15) is 0 Å². The van der Waals surface area contributed by atoms with Crippen molar-refractivity contribution in [3.63, 3.8) is 0 Å². The molecule has 9 nitrogen and oxygen atoms in total. The summed E-state index contributed by atoms with van der Waals surface area (Å²) in [5.74, 6) is 0. The van der Waals surface area contributed by atoms with Crippen LogP contribution >= 0.6 is 0 Å². The Labute approximate surface area is 157 Å². The summed E-state index contributed by atoms with van der Waals surface area (Å²) in [7, 11) is 1.61. The van der Waals surface area contributed by atoms with Crippen molar-refractivity contribution in [1.29, 1.82) is 0 Å². The highest BCUT2D eigenvalue weighted by atomic mass is 16.5. The van der Waals surface area contributed by atoms with E-state index in [2.05, 4.69) is 16.4 Å². The Hall–Kier alpha value is -0.360. The highest BCUT2D eigenvalue weighted by Crippen LogP contribution is 1.87. The normalized spacial score (nSPS) is 9.92. The van der Waals surface area contributed by atoms with Gasteiger partial charge in [-0.3, -0.25) is 0 Å². The third-order valence-corrected chi connectivity index (χ3v) is 2.39. The van der Waals surface area contributed by atoms with E-state index in [1.807, 2.05) is 0 Å². The van der Waals surface area contributed by atoms with E-state index in [0.717, 1.165) is 19.4 Å². The molecule has 26 heavy (non-hydrogen) atoms. The molecule has 0 spiro atoms. The SMILES string of the molecule is CCCCOCCOCCO.COCCOCCO.OCCOCCO. The molecule has 0 aromatic heterocycles. The van der Waals surface area contributed by atoms with Crippen LogP contribution in [0.3, 0.4) is 0 Å². The van der Waals surface area contributed by atoms with E-state index in [1.54, 1.807) is 7.11 Å². The first-order chi connectivity index (χ1) is 12.7. The fourth-order valence-electron chi connectivity index (χ4n) is 1.17. The molecular weight excluding hydrogens is 348 g/mol. The van der Waals surface area contributed by atoms with Gasteiger partial charge in [-0.15, -0.1) is 0 Å². The van der Waals surface area contributed by atoms with Crippen LogP contribution in [0, 0.1) is 0 Å². The minimum atomic E-state index is 0.0278. The largest absolute Gasteiger partial charge is 0.394 e. The number of unbranched alkanes of at least 4 members (excludes halogenated alkanes) is 1. The summed E-state index contributed by atoms with van der Waals surface area (Å²) in [4.78, 5) is 0. The van der Waals surface area contributed by atoms with Crippen LogP contribution in [0.5, 0.6) is 0 Å². The summed E-state index contributed by atoms with van der Waals surface area (Å²) in [6, 6.07) is 0. The lowest BCUT2D eigenvalue weighted by molar-refractivity contribution is 0.0324. The lowest BCUT2D eigenvalue weighted by Crippen LogP contribution is -2.07. The maximum Gasteiger partial charge on any atom is 0.0701 e. The van der Waals surface area contributed by atoms with Crippen LogP contribution in [-0.2, 0) is 23.7 Å². The monoisotopic (exact) mass is 388 g/mol. The molecule has 0 aliphatic carbocycles. The second-order valence-electron chi connectivity index (χ2n) is 4.69. The minimum Gasteiger partial charge on any atom is -0.394 e. The van der Waals surface area contributed by atoms with Gasteiger partial charge in [0.25, 0.3) is 0 Å². The van der Waals surface area contributed by atoms with Gasteiger partial charge < -0.3 is 44.1 Å². The fourth-order valence-corrected chi connectivity index (χ4v) is 1.17. The molecule has 0 saturated carbocycles. The molecule has 0 aliphatic heterocycles. The predicted octanol–water partition coefficient (Wildman–Crippen LogP) is -0.559. The van der Waals surface area contributed by atoms with Gasteiger partial charge in [-0.2, -0.15) is 0 Å². The summed E-state index contributed by atoms with van der Waals surface area (Å²) in [5, 5.41) is 32.7. The van der Waals surface area contributed by atoms with Gasteiger partial charge in [0.1, 0.15) is 0 Å². The Morgan fingerprint density at radius 3 is 1.19 bits per heavy atom. The van der Waals surface area contributed by atoms with Gasteiger partial charge in [-0.05, 0) is 6.42 Å². The van der Waals surface area contributed by atoms with Crippen molar-refractivity contribution in [3.8, 4) is 0 Å². The van der Waals surface area contributed by atoms with Crippen LogP contribution in [0.25, 0.3) is 0 Å². The van der Waals surface area contributed by atoms with Crippen LogP contribution in [0.15, 0.2) is 0 Å². The highest BCUT2D eigenvalue weighted by molar-refractivity contribution is 4.33. The van der Waals surface area contributed by atoms with E-state index >= 15 is 0 Å². The Bertz CT molecular complexity index is 179. The molecule has 0 aliphatic rings. The zero-order chi connectivity index (χ0) is 20.1. The molecule has 0 atom stereocenters. The van der Waals surface area contributed by atoms with E-state index in [1.165, 1.54) is 0 Å². The minimum absolute atomic E-state index is 0.0278. The summed E-state index contributed by atoms with van der Waals surface area (Å²) >= 11 is 0. The number of aliphatic hydroxyl groups excluding tert-OH is 4. The number of rotatable bonds is 17. The zero-order valence-electron chi connectivity index (χ0n) is 16.4. The maximum absolute atomic E-state index is 8.34. The quantitative estimate of drug-likeness (QED) is 0.243. The first kappa shape index (κ1) is 30.4. The molecule has 0 bridgehead atoms. The third kappa shape index (κ3) is 43.8. The molecule has 0 fully saturated rings. The van der Waals surface area contributed by atoms with Crippen LogP contribution < -0.4 is 0 Å². The van der Waals surface area contributed by atoms with Crippen LogP contribution in [0.1, 0.15) is 19.8 Å². The smallest absolute Gasteiger partial charge is 0.0701 e. The summed E-state index contributed by atoms with van der Waals surface area (Å²) in [6.45, 7) is 7.03. The number of hydrogen-bond donors (Lipinski definition) is 4. The standard InChI is InChI=1S/C8H18O3.C5H12O3.C4H10O3/c1-2-3-5-10-7-8-11-6-4-9;1-7-4-5-8-3-2-6;5-1-3-7-4-2-6/h9H,2-8H2,1H3;6H,2-5H2,1H3;5-6H,1-4H2. The Balaban J connectivity index is -0.000000315. The molecule has 0 rings (SSSR count). The zero-order valence-corrected chi connectivity index (χ0v) is 16.4. The number of methoxy groups -OCH3 is 1. The van der Waals surface area contributed by atoms with Crippen molar-refractivity contribution in [2.45, 2.75) is 19.8 Å². The van der Waals surface area contributed by atoms with Gasteiger partial charge in [-0.25, -0.2) is 0 Å². The molecule has 0 aromatic rings. The van der Waals surface area contributed by atoms with Crippen molar-refractivity contribution in [2.75, 3.05) is 93.0 Å². The van der Waals surface area contributed by atoms with Crippen LogP contribution in [-0.4, -0.2) is 113 Å². The molecule has 0 radical (unpaired) electrons. The molecule has 0 heterocycles. The number of hydrogen-bond acceptors (Lipinski definition) is 9. The molecule has 0 saturated heterocycles. The fraction of sp³-hybridized carbons (Fsp3) is 1.00.